The van der Waals surface area contributed by atoms with Gasteiger partial charge in [0.1, 0.15) is 0 Å². The summed E-state index contributed by atoms with van der Waals surface area (Å²) in [4.78, 5) is 12.9. The van der Waals surface area contributed by atoms with Crippen LogP contribution in [0.1, 0.15) is 0 Å². The molecule has 1 aromatic carbocycles. The molecule has 0 atom stereocenters. The first kappa shape index (κ1) is 13.9. The van der Waals surface area contributed by atoms with Gasteiger partial charge in [0.2, 0.25) is 5.82 Å². The minimum Gasteiger partial charge on any atom is -0.280 e. The van der Waals surface area contributed by atoms with Crippen molar-refractivity contribution in [2.24, 2.45) is 0 Å². The molecule has 0 unspecified atom stereocenters. The molecule has 9 heteroatoms. The maximum Gasteiger partial charge on any atom is 0.304 e. The number of nitrogens with zero attached hydrogens (tertiary/aromatic N) is 2. The molecule has 2 rings (SSSR count). The van der Waals surface area contributed by atoms with Crippen molar-refractivity contribution in [3.05, 3.63) is 58.7 Å². The Bertz CT molecular complexity index is 750. The van der Waals surface area contributed by atoms with Crippen LogP contribution in [0.5, 0.6) is 0 Å². The van der Waals surface area contributed by atoms with Gasteiger partial charge < -0.3 is 0 Å². The van der Waals surface area contributed by atoms with Gasteiger partial charge in [-0.05, 0) is 18.2 Å². The molecular formula is C11H8FN3O4S. The normalized spacial score (nSPS) is 11.1. The highest BCUT2D eigenvalue weighted by Gasteiger charge is 2.20. The van der Waals surface area contributed by atoms with E-state index >= 15 is 0 Å². The molecule has 0 spiro atoms. The van der Waals surface area contributed by atoms with E-state index in [0.717, 1.165) is 12.1 Å². The molecule has 0 bridgehead atoms. The Labute approximate surface area is 113 Å². The van der Waals surface area contributed by atoms with E-state index in [2.05, 4.69) is 9.71 Å². The highest BCUT2D eigenvalue weighted by molar-refractivity contribution is 7.92. The van der Waals surface area contributed by atoms with Crippen LogP contribution in [0.3, 0.4) is 0 Å². The first-order valence-corrected chi connectivity index (χ1v) is 6.75. The largest absolute Gasteiger partial charge is 0.304 e. The fourth-order valence-electron chi connectivity index (χ4n) is 1.44. The highest BCUT2D eigenvalue weighted by atomic mass is 32.2. The van der Waals surface area contributed by atoms with Gasteiger partial charge in [-0.15, -0.1) is 0 Å². The number of hydrogen-bond donors (Lipinski definition) is 1. The highest BCUT2D eigenvalue weighted by Crippen LogP contribution is 2.22. The van der Waals surface area contributed by atoms with Gasteiger partial charge in [0.05, 0.1) is 15.5 Å². The summed E-state index contributed by atoms with van der Waals surface area (Å²) in [6.45, 7) is 0. The minimum atomic E-state index is -4.02. The molecule has 1 heterocycles. The summed E-state index contributed by atoms with van der Waals surface area (Å²) in [5.74, 6) is -1.22. The van der Waals surface area contributed by atoms with E-state index in [0.29, 0.717) is 6.07 Å². The van der Waals surface area contributed by atoms with E-state index < -0.39 is 31.3 Å². The fraction of sp³-hybridized carbons (Fsp3) is 0. The van der Waals surface area contributed by atoms with E-state index in [1.165, 1.54) is 24.5 Å². The molecule has 0 aliphatic rings. The van der Waals surface area contributed by atoms with Gasteiger partial charge in [-0.3, -0.25) is 19.8 Å². The molecule has 0 saturated heterocycles. The van der Waals surface area contributed by atoms with Crippen molar-refractivity contribution in [2.45, 2.75) is 4.90 Å². The summed E-state index contributed by atoms with van der Waals surface area (Å²) in [5.41, 5.74) is -0.536. The van der Waals surface area contributed by atoms with Crippen LogP contribution in [0.4, 0.5) is 15.8 Å². The molecule has 0 saturated carbocycles. The van der Waals surface area contributed by atoms with Crippen LogP contribution in [0.15, 0.2) is 47.6 Å². The van der Waals surface area contributed by atoms with Crippen molar-refractivity contribution in [3.63, 3.8) is 0 Å². The molecule has 0 amide bonds. The molecule has 0 aliphatic heterocycles. The number of halogens is 1. The summed E-state index contributed by atoms with van der Waals surface area (Å²) in [5, 5.41) is 10.5. The number of sulfonamides is 1. The Morgan fingerprint density at radius 1 is 1.20 bits per heavy atom. The van der Waals surface area contributed by atoms with E-state index in [1.54, 1.807) is 0 Å². The van der Waals surface area contributed by atoms with E-state index in [-0.39, 0.29) is 5.69 Å². The third-order valence-electron chi connectivity index (χ3n) is 2.36. The Balaban J connectivity index is 2.35. The molecule has 1 aromatic heterocycles. The molecule has 0 aliphatic carbocycles. The minimum absolute atomic E-state index is 0.249. The van der Waals surface area contributed by atoms with Crippen LogP contribution < -0.4 is 4.72 Å². The molecule has 2 aromatic rings. The Morgan fingerprint density at radius 2 is 1.85 bits per heavy atom. The lowest BCUT2D eigenvalue weighted by Gasteiger charge is -2.07. The quantitative estimate of drug-likeness (QED) is 0.686. The van der Waals surface area contributed by atoms with E-state index in [9.17, 15) is 22.9 Å². The number of rotatable bonds is 4. The second-order valence-electron chi connectivity index (χ2n) is 3.71. The summed E-state index contributed by atoms with van der Waals surface area (Å²) < 4.78 is 39.6. The number of pyridine rings is 1. The second kappa shape index (κ2) is 5.21. The topological polar surface area (TPSA) is 102 Å². The zero-order valence-electron chi connectivity index (χ0n) is 9.86. The zero-order valence-corrected chi connectivity index (χ0v) is 10.7. The average Bonchev–Trinajstić information content (AvgIpc) is 2.38. The third-order valence-corrected chi connectivity index (χ3v) is 3.74. The van der Waals surface area contributed by atoms with Gasteiger partial charge in [0.15, 0.2) is 0 Å². The maximum atomic E-state index is 13.4. The van der Waals surface area contributed by atoms with Gasteiger partial charge >= 0.3 is 5.69 Å². The van der Waals surface area contributed by atoms with Crippen LogP contribution in [0.25, 0.3) is 0 Å². The molecule has 20 heavy (non-hydrogen) atoms. The summed E-state index contributed by atoms with van der Waals surface area (Å²) >= 11 is 0. The Kier molecular flexibility index (Phi) is 3.61. The predicted molar refractivity (Wildman–Crippen MR) is 68.1 cm³/mol. The van der Waals surface area contributed by atoms with Crippen molar-refractivity contribution in [3.8, 4) is 0 Å². The standard InChI is InChI=1S/C11H8FN3O4S/c12-10-7-9(1-2-11(10)15(16)17)20(18,19)14-8-3-5-13-6-4-8/h1-7H,(H,13,14). The van der Waals surface area contributed by atoms with Gasteiger partial charge in [0.25, 0.3) is 10.0 Å². The fourth-order valence-corrected chi connectivity index (χ4v) is 2.51. The molecule has 0 fully saturated rings. The van der Waals surface area contributed by atoms with Crippen LogP contribution in [0.2, 0.25) is 0 Å². The SMILES string of the molecule is O=[N+]([O-])c1ccc(S(=O)(=O)Nc2ccncc2)cc1F. The van der Waals surface area contributed by atoms with Gasteiger partial charge in [-0.2, -0.15) is 4.39 Å². The number of nitrogens with one attached hydrogen (secondary N) is 1. The lowest BCUT2D eigenvalue weighted by atomic mass is 10.3. The first-order chi connectivity index (χ1) is 9.40. The van der Waals surface area contributed by atoms with Crippen LogP contribution in [0, 0.1) is 15.9 Å². The summed E-state index contributed by atoms with van der Waals surface area (Å²) in [6.07, 6.45) is 2.77. The average molecular weight is 297 g/mol. The number of anilines is 1. The Morgan fingerprint density at radius 3 is 2.40 bits per heavy atom. The summed E-state index contributed by atoms with van der Waals surface area (Å²) in [7, 11) is -4.02. The van der Waals surface area contributed by atoms with Gasteiger partial charge in [0, 0.05) is 24.5 Å². The number of nitro groups is 1. The van der Waals surface area contributed by atoms with Crippen molar-refractivity contribution in [1.29, 1.82) is 0 Å². The summed E-state index contributed by atoms with van der Waals surface area (Å²) in [6, 6.07) is 5.20. The van der Waals surface area contributed by atoms with Crippen molar-refractivity contribution < 1.29 is 17.7 Å². The van der Waals surface area contributed by atoms with E-state index in [4.69, 9.17) is 0 Å². The lowest BCUT2D eigenvalue weighted by molar-refractivity contribution is -0.387. The first-order valence-electron chi connectivity index (χ1n) is 5.27. The number of benzene rings is 1. The third kappa shape index (κ3) is 2.88. The smallest absolute Gasteiger partial charge is 0.280 e. The monoisotopic (exact) mass is 297 g/mol. The zero-order chi connectivity index (χ0) is 14.8. The second-order valence-corrected chi connectivity index (χ2v) is 5.39. The van der Waals surface area contributed by atoms with E-state index in [1.807, 2.05) is 0 Å². The molecular weight excluding hydrogens is 289 g/mol. The van der Waals surface area contributed by atoms with Gasteiger partial charge in [-0.25, -0.2) is 8.42 Å². The number of hydrogen-bond acceptors (Lipinski definition) is 5. The number of aromatic nitrogens is 1. The Hall–Kier alpha value is -2.55. The van der Waals surface area contributed by atoms with Gasteiger partial charge in [-0.1, -0.05) is 0 Å². The van der Waals surface area contributed by atoms with Crippen LogP contribution in [-0.4, -0.2) is 18.3 Å². The van der Waals surface area contributed by atoms with Crippen LogP contribution >= 0.6 is 0 Å². The van der Waals surface area contributed by atoms with Crippen molar-refractivity contribution in [2.75, 3.05) is 4.72 Å². The predicted octanol–water partition coefficient (Wildman–Crippen LogP) is 1.93. The molecule has 104 valence electrons. The number of nitro benzene ring substituents is 1. The van der Waals surface area contributed by atoms with Crippen LogP contribution in [-0.2, 0) is 10.0 Å². The lowest BCUT2D eigenvalue weighted by Crippen LogP contribution is -2.13. The van der Waals surface area contributed by atoms with Crippen molar-refractivity contribution in [1.82, 2.24) is 4.98 Å². The maximum absolute atomic E-state index is 13.4. The molecule has 1 N–H and O–H groups in total. The molecule has 0 radical (unpaired) electrons. The molecule has 7 nitrogen and oxygen atoms in total. The van der Waals surface area contributed by atoms with Crippen molar-refractivity contribution >= 4 is 21.4 Å².